The van der Waals surface area contributed by atoms with Crippen LogP contribution in [0.5, 0.6) is 0 Å². The van der Waals surface area contributed by atoms with Crippen molar-refractivity contribution in [1.29, 1.82) is 0 Å². The number of nitrogens with zero attached hydrogens (tertiary/aromatic N) is 1. The molecule has 0 bridgehead atoms. The van der Waals surface area contributed by atoms with Gasteiger partial charge >= 0.3 is 0 Å². The van der Waals surface area contributed by atoms with Gasteiger partial charge in [-0.05, 0) is 41.8 Å². The van der Waals surface area contributed by atoms with E-state index < -0.39 is 0 Å². The Morgan fingerprint density at radius 3 is 2.57 bits per heavy atom. The summed E-state index contributed by atoms with van der Waals surface area (Å²) < 4.78 is 5.41. The van der Waals surface area contributed by atoms with Crippen molar-refractivity contribution in [1.82, 2.24) is 10.2 Å². The minimum Gasteiger partial charge on any atom is -0.467 e. The predicted molar refractivity (Wildman–Crippen MR) is 118 cm³/mol. The molecule has 1 saturated heterocycles. The van der Waals surface area contributed by atoms with Crippen molar-refractivity contribution in [2.24, 2.45) is 0 Å². The Balaban J connectivity index is 1.45. The molecule has 0 saturated carbocycles. The van der Waals surface area contributed by atoms with Crippen molar-refractivity contribution in [2.75, 3.05) is 5.75 Å². The van der Waals surface area contributed by atoms with Gasteiger partial charge in [0.25, 0.3) is 5.91 Å². The molecule has 154 valence electrons. The molecule has 2 atom stereocenters. The van der Waals surface area contributed by atoms with E-state index in [4.69, 9.17) is 4.42 Å². The van der Waals surface area contributed by atoms with Crippen LogP contribution in [0.1, 0.15) is 52.0 Å². The Morgan fingerprint density at radius 2 is 1.90 bits per heavy atom. The molecule has 0 spiro atoms. The maximum atomic E-state index is 12.8. The van der Waals surface area contributed by atoms with Gasteiger partial charge in [-0.1, -0.05) is 49.4 Å². The van der Waals surface area contributed by atoms with Crippen molar-refractivity contribution >= 4 is 23.6 Å². The number of amides is 2. The van der Waals surface area contributed by atoms with Crippen molar-refractivity contribution in [2.45, 2.75) is 31.3 Å². The first-order chi connectivity index (χ1) is 14.7. The summed E-state index contributed by atoms with van der Waals surface area (Å²) in [6.07, 6.45) is 2.43. The fourth-order valence-electron chi connectivity index (χ4n) is 3.62. The lowest BCUT2D eigenvalue weighted by Gasteiger charge is -2.23. The maximum absolute atomic E-state index is 12.8. The number of thioether (sulfide) groups is 1. The summed E-state index contributed by atoms with van der Waals surface area (Å²) in [5.41, 5.74) is 2.71. The van der Waals surface area contributed by atoms with E-state index >= 15 is 0 Å². The molecule has 30 heavy (non-hydrogen) atoms. The summed E-state index contributed by atoms with van der Waals surface area (Å²) in [5.74, 6) is 1.21. The number of furan rings is 1. The van der Waals surface area contributed by atoms with Crippen LogP contribution >= 0.6 is 11.8 Å². The molecule has 2 heterocycles. The third-order valence-corrected chi connectivity index (χ3v) is 6.50. The fraction of sp³-hybridized carbons (Fsp3) is 0.250. The highest BCUT2D eigenvalue weighted by atomic mass is 32.2. The summed E-state index contributed by atoms with van der Waals surface area (Å²) in [6, 6.07) is 21.2. The van der Waals surface area contributed by atoms with Crippen LogP contribution in [0.25, 0.3) is 0 Å². The van der Waals surface area contributed by atoms with Gasteiger partial charge in [-0.15, -0.1) is 11.8 Å². The Kier molecular flexibility index (Phi) is 6.23. The normalized spacial score (nSPS) is 17.2. The number of carbonyl (C=O) groups is 2. The first-order valence-corrected chi connectivity index (χ1v) is 11.1. The second-order valence-electron chi connectivity index (χ2n) is 7.23. The lowest BCUT2D eigenvalue weighted by atomic mass is 10.0. The first kappa shape index (κ1) is 20.3. The average Bonchev–Trinajstić information content (AvgIpc) is 3.43. The van der Waals surface area contributed by atoms with Crippen LogP contribution in [-0.2, 0) is 11.3 Å². The Hall–Kier alpha value is -2.99. The summed E-state index contributed by atoms with van der Waals surface area (Å²) in [5, 5.41) is 3.04. The van der Waals surface area contributed by atoms with Crippen molar-refractivity contribution < 1.29 is 14.0 Å². The third-order valence-electron chi connectivity index (χ3n) is 5.25. The molecular weight excluding hydrogens is 396 g/mol. The molecule has 1 aliphatic rings. The fourth-order valence-corrected chi connectivity index (χ4v) is 4.81. The molecule has 1 aliphatic heterocycles. The highest BCUT2D eigenvalue weighted by molar-refractivity contribution is 8.00. The smallest absolute Gasteiger partial charge is 0.251 e. The van der Waals surface area contributed by atoms with E-state index in [0.29, 0.717) is 17.9 Å². The zero-order chi connectivity index (χ0) is 20.9. The molecule has 0 unspecified atom stereocenters. The number of rotatable bonds is 7. The monoisotopic (exact) mass is 420 g/mol. The van der Waals surface area contributed by atoms with Crippen molar-refractivity contribution in [3.05, 3.63) is 95.4 Å². The quantitative estimate of drug-likeness (QED) is 0.588. The number of hydrogen-bond acceptors (Lipinski definition) is 4. The summed E-state index contributed by atoms with van der Waals surface area (Å²) >= 11 is 1.59. The van der Waals surface area contributed by atoms with Crippen molar-refractivity contribution in [3.8, 4) is 0 Å². The topological polar surface area (TPSA) is 62.6 Å². The van der Waals surface area contributed by atoms with E-state index in [1.54, 1.807) is 18.0 Å². The largest absolute Gasteiger partial charge is 0.467 e. The number of benzene rings is 2. The zero-order valence-electron chi connectivity index (χ0n) is 16.8. The summed E-state index contributed by atoms with van der Waals surface area (Å²) in [4.78, 5) is 26.9. The van der Waals surface area contributed by atoms with E-state index in [2.05, 4.69) is 12.2 Å². The minimum absolute atomic E-state index is 0.0230. The Labute approximate surface area is 180 Å². The van der Waals surface area contributed by atoms with Crippen LogP contribution in [0.15, 0.2) is 77.4 Å². The van der Waals surface area contributed by atoms with Gasteiger partial charge in [0.2, 0.25) is 5.91 Å². The van der Waals surface area contributed by atoms with E-state index in [-0.39, 0.29) is 23.2 Å². The van der Waals surface area contributed by atoms with Crippen LogP contribution in [0.4, 0.5) is 0 Å². The molecule has 6 heteroatoms. The molecule has 1 fully saturated rings. The second kappa shape index (κ2) is 9.22. The highest BCUT2D eigenvalue weighted by Gasteiger charge is 2.33. The molecule has 1 aromatic heterocycles. The molecule has 5 nitrogen and oxygen atoms in total. The first-order valence-electron chi connectivity index (χ1n) is 10.0. The van der Waals surface area contributed by atoms with Gasteiger partial charge < -0.3 is 14.6 Å². The lowest BCUT2D eigenvalue weighted by Crippen LogP contribution is -2.28. The van der Waals surface area contributed by atoms with E-state index in [1.165, 1.54) is 0 Å². The standard InChI is InChI=1S/C24H24N2O3S/c1-2-21(17-7-4-3-5-8-17)25-23(28)18-10-12-19(13-11-18)24-26(22(27)16-30-24)15-20-9-6-14-29-20/h3-14,21,24H,2,15-16H2,1H3,(H,25,28)/t21-,24-/m0/s1. The molecule has 2 aromatic carbocycles. The Bertz CT molecular complexity index is 987. The number of nitrogens with one attached hydrogen (secondary N) is 1. The Morgan fingerprint density at radius 1 is 1.13 bits per heavy atom. The maximum Gasteiger partial charge on any atom is 0.251 e. The van der Waals surface area contributed by atoms with Crippen LogP contribution in [-0.4, -0.2) is 22.5 Å². The van der Waals surface area contributed by atoms with Crippen molar-refractivity contribution in [3.63, 3.8) is 0 Å². The van der Waals surface area contributed by atoms with Gasteiger partial charge in [0, 0.05) is 5.56 Å². The van der Waals surface area contributed by atoms with Crippen LogP contribution < -0.4 is 5.32 Å². The third kappa shape index (κ3) is 4.44. The molecule has 4 rings (SSSR count). The van der Waals surface area contributed by atoms with Gasteiger partial charge in [0.1, 0.15) is 11.1 Å². The lowest BCUT2D eigenvalue weighted by molar-refractivity contribution is -0.128. The van der Waals surface area contributed by atoms with Gasteiger partial charge in [-0.25, -0.2) is 0 Å². The van der Waals surface area contributed by atoms with E-state index in [1.807, 2.05) is 71.6 Å². The SMILES string of the molecule is CC[C@H](NC(=O)c1ccc([C@@H]2SCC(=O)N2Cc2ccco2)cc1)c1ccccc1. The van der Waals surface area contributed by atoms with Gasteiger partial charge in [-0.2, -0.15) is 0 Å². The van der Waals surface area contributed by atoms with Gasteiger partial charge in [-0.3, -0.25) is 9.59 Å². The van der Waals surface area contributed by atoms with Crippen LogP contribution in [0.2, 0.25) is 0 Å². The summed E-state index contributed by atoms with van der Waals surface area (Å²) in [7, 11) is 0. The highest BCUT2D eigenvalue weighted by Crippen LogP contribution is 2.39. The van der Waals surface area contributed by atoms with Crippen LogP contribution in [0.3, 0.4) is 0 Å². The minimum atomic E-state index is -0.0974. The molecule has 1 N–H and O–H groups in total. The molecular formula is C24H24N2O3S. The van der Waals surface area contributed by atoms with E-state index in [9.17, 15) is 9.59 Å². The van der Waals surface area contributed by atoms with Gasteiger partial charge in [0.05, 0.1) is 24.6 Å². The van der Waals surface area contributed by atoms with Crippen LogP contribution in [0, 0.1) is 0 Å². The molecule has 0 radical (unpaired) electrons. The number of carbonyl (C=O) groups excluding carboxylic acids is 2. The van der Waals surface area contributed by atoms with E-state index in [0.717, 1.165) is 23.3 Å². The molecule has 3 aromatic rings. The van der Waals surface area contributed by atoms with Gasteiger partial charge in [0.15, 0.2) is 0 Å². The number of hydrogen-bond donors (Lipinski definition) is 1. The predicted octanol–water partition coefficient (Wildman–Crippen LogP) is 4.93. The molecule has 2 amide bonds. The average molecular weight is 421 g/mol. The zero-order valence-corrected chi connectivity index (χ0v) is 17.6. The second-order valence-corrected chi connectivity index (χ2v) is 8.30. The summed E-state index contributed by atoms with van der Waals surface area (Å²) in [6.45, 7) is 2.50. The molecule has 0 aliphatic carbocycles.